The van der Waals surface area contributed by atoms with Gasteiger partial charge in [0.1, 0.15) is 12.4 Å². The molecule has 3 aromatic carbocycles. The van der Waals surface area contributed by atoms with Crippen LogP contribution in [-0.2, 0) is 36.7 Å². The molecule has 7 heteroatoms. The molecule has 287 valence electrons. The molecular weight excluding hydrogens is 869 g/mol. The Bertz CT molecular complexity index is 2150. The summed E-state index contributed by atoms with van der Waals surface area (Å²) < 4.78 is 2.81. The molecule has 1 aliphatic rings. The molecule has 1 radical (unpaired) electrons. The number of aliphatic hydroxyl groups is 1. The minimum atomic E-state index is -0.337. The second kappa shape index (κ2) is 16.9. The summed E-state index contributed by atoms with van der Waals surface area (Å²) in [5, 5.41) is 20.1. The van der Waals surface area contributed by atoms with E-state index in [1.54, 1.807) is 0 Å². The second-order valence-corrected chi connectivity index (χ2v) is 18.8. The van der Waals surface area contributed by atoms with Crippen molar-refractivity contribution in [3.05, 3.63) is 87.5 Å². The molecule has 2 aromatic heterocycles. The van der Waals surface area contributed by atoms with Crippen molar-refractivity contribution in [2.75, 3.05) is 12.0 Å². The number of aryl methyl sites for hydroxylation is 1. The molecule has 0 fully saturated rings. The summed E-state index contributed by atoms with van der Waals surface area (Å²) in [6.45, 7) is 26.5. The van der Waals surface area contributed by atoms with E-state index in [4.69, 9.17) is 4.99 Å². The Kier molecular flexibility index (Phi) is 13.7. The van der Waals surface area contributed by atoms with Gasteiger partial charge in [0.05, 0.1) is 14.4 Å². The number of ketones is 1. The van der Waals surface area contributed by atoms with E-state index in [1.807, 2.05) is 64.2 Å². The van der Waals surface area contributed by atoms with E-state index < -0.39 is 0 Å². The van der Waals surface area contributed by atoms with Crippen molar-refractivity contribution >= 4 is 70.1 Å². The van der Waals surface area contributed by atoms with Crippen molar-refractivity contribution in [2.24, 2.45) is 21.7 Å². The summed E-state index contributed by atoms with van der Waals surface area (Å²) in [5.74, 6) is 0.938. The second-order valence-electron chi connectivity index (χ2n) is 16.5. The predicted molar refractivity (Wildman–Crippen MR) is 229 cm³/mol. The fraction of sp³-hybridized carbons (Fsp3) is 0.478. The number of thiophene rings is 2. The van der Waals surface area contributed by atoms with Gasteiger partial charge in [-0.3, -0.25) is 4.79 Å². The monoisotopic (exact) mass is 928 g/mol. The van der Waals surface area contributed by atoms with Crippen LogP contribution in [0, 0.1) is 29.7 Å². The Morgan fingerprint density at radius 3 is 2.11 bits per heavy atom. The summed E-state index contributed by atoms with van der Waals surface area (Å²) in [7, 11) is 0. The number of aliphatic hydroxyl groups excluding tert-OH is 1. The van der Waals surface area contributed by atoms with Gasteiger partial charge >= 0.3 is 0 Å². The van der Waals surface area contributed by atoms with E-state index in [0.717, 1.165) is 48.8 Å². The molecule has 0 saturated heterocycles. The Balaban J connectivity index is 0.000000299. The Labute approximate surface area is 339 Å². The molecule has 2 N–H and O–H groups in total. The van der Waals surface area contributed by atoms with Crippen LogP contribution in [0.15, 0.2) is 59.3 Å². The van der Waals surface area contributed by atoms with Crippen molar-refractivity contribution < 1.29 is 30.0 Å². The smallest absolute Gasteiger partial charge is 0.164 e. The quantitative estimate of drug-likeness (QED) is 0.0833. The summed E-state index contributed by atoms with van der Waals surface area (Å²) >= 11 is 3.84. The maximum absolute atomic E-state index is 12.2. The fourth-order valence-electron chi connectivity index (χ4n) is 7.05. The number of hydrogen-bond donors (Lipinski definition) is 2. The van der Waals surface area contributed by atoms with Crippen molar-refractivity contribution in [1.82, 2.24) is 0 Å². The molecule has 0 aliphatic carbocycles. The summed E-state index contributed by atoms with van der Waals surface area (Å²) in [4.78, 5) is 18.7. The molecular formula is C46H59IrN2O2S2-. The maximum atomic E-state index is 12.2. The molecule has 5 aromatic rings. The molecule has 53 heavy (non-hydrogen) atoms. The van der Waals surface area contributed by atoms with Gasteiger partial charge in [-0.05, 0) is 66.7 Å². The van der Waals surface area contributed by atoms with Crippen LogP contribution >= 0.6 is 22.7 Å². The molecule has 0 bridgehead atoms. The van der Waals surface area contributed by atoms with Crippen molar-refractivity contribution in [3.63, 3.8) is 0 Å². The van der Waals surface area contributed by atoms with E-state index >= 15 is 0 Å². The summed E-state index contributed by atoms with van der Waals surface area (Å²) in [6.07, 6.45) is 5.89. The van der Waals surface area contributed by atoms with Gasteiger partial charge in [0.15, 0.2) is 5.78 Å². The van der Waals surface area contributed by atoms with E-state index in [2.05, 4.69) is 95.4 Å². The number of aliphatic imine (C=N–C) groups is 1. The summed E-state index contributed by atoms with van der Waals surface area (Å²) in [6, 6.07) is 19.4. The van der Waals surface area contributed by atoms with E-state index in [-0.39, 0.29) is 47.9 Å². The number of anilines is 1. The minimum absolute atomic E-state index is 0. The first kappa shape index (κ1) is 42.9. The third kappa shape index (κ3) is 8.54. The van der Waals surface area contributed by atoms with Crippen LogP contribution < -0.4 is 5.32 Å². The largest absolute Gasteiger partial charge is 0.512 e. The van der Waals surface area contributed by atoms with Gasteiger partial charge in [-0.15, -0.1) is 51.8 Å². The number of hydrogen-bond acceptors (Lipinski definition) is 6. The Morgan fingerprint density at radius 1 is 0.906 bits per heavy atom. The van der Waals surface area contributed by atoms with Crippen LogP contribution in [0.3, 0.4) is 0 Å². The van der Waals surface area contributed by atoms with E-state index in [9.17, 15) is 9.90 Å². The normalized spacial score (nSPS) is 13.8. The van der Waals surface area contributed by atoms with E-state index in [0.29, 0.717) is 12.6 Å². The molecule has 3 heterocycles. The van der Waals surface area contributed by atoms with Crippen LogP contribution in [0.2, 0.25) is 0 Å². The number of benzene rings is 3. The third-order valence-corrected chi connectivity index (χ3v) is 14.1. The van der Waals surface area contributed by atoms with Crippen LogP contribution in [-0.4, -0.2) is 23.3 Å². The van der Waals surface area contributed by atoms with Crippen molar-refractivity contribution in [1.29, 1.82) is 0 Å². The zero-order chi connectivity index (χ0) is 38.2. The predicted octanol–water partition coefficient (Wildman–Crippen LogP) is 13.7. The van der Waals surface area contributed by atoms with Crippen LogP contribution in [0.1, 0.15) is 129 Å². The fourth-order valence-corrected chi connectivity index (χ4v) is 9.56. The van der Waals surface area contributed by atoms with Gasteiger partial charge in [-0.2, -0.15) is 0 Å². The van der Waals surface area contributed by atoms with Gasteiger partial charge in [0, 0.05) is 53.2 Å². The number of nitrogens with one attached hydrogen (secondary N) is 1. The zero-order valence-corrected chi connectivity index (χ0v) is 37.9. The standard InChI is InChI=1S/C31H31N2S2.C15H28O2.Ir/c1-17(2)13-24-18(3)34-28-22(24)11-12-23-26-27(32-16-33-30(26)35-29(23)28)20-14-19-9-7-8-10-21(19)25(15-20)31(4,5)6;1-7-14(5,8-2)12(16)11-13(17)15(6,9-3)10-4;/h7-12,15,17,33H,13,16H2,1-6H3;11,16H,7-10H2,1-6H3;/q-1;;/b;12-11-;. The molecule has 6 rings (SSSR count). The SMILES string of the molecule is CCC(C)(CC)C(=O)/C=C(\O)C(C)(CC)CC.Cc1sc2c(ccc3c4c(sc32)NCN=C4c2[c-]c3ccccc3c(C(C)(C)C)c2)c1CC(C)C.[Ir]. The number of nitrogens with zero attached hydrogens (tertiary/aromatic N) is 1. The first-order valence-corrected chi connectivity index (χ1v) is 20.8. The molecule has 4 nitrogen and oxygen atoms in total. The molecule has 0 amide bonds. The molecule has 1 aliphatic heterocycles. The number of carbonyl (C=O) groups is 1. The van der Waals surface area contributed by atoms with Crippen molar-refractivity contribution in [2.45, 2.75) is 121 Å². The molecule has 0 unspecified atom stereocenters. The number of fused-ring (bicyclic) bond motifs is 6. The average Bonchev–Trinajstić information content (AvgIpc) is 3.66. The average molecular weight is 928 g/mol. The summed E-state index contributed by atoms with van der Waals surface area (Å²) in [5.41, 5.74) is 5.70. The van der Waals surface area contributed by atoms with Gasteiger partial charge in [-0.25, -0.2) is 0 Å². The van der Waals surface area contributed by atoms with Gasteiger partial charge in [-0.1, -0.05) is 117 Å². The number of rotatable bonds is 10. The molecule has 0 atom stereocenters. The minimum Gasteiger partial charge on any atom is -0.512 e. The first-order valence-electron chi connectivity index (χ1n) is 19.2. The van der Waals surface area contributed by atoms with Crippen LogP contribution in [0.25, 0.3) is 30.9 Å². The van der Waals surface area contributed by atoms with Crippen molar-refractivity contribution in [3.8, 4) is 0 Å². The van der Waals surface area contributed by atoms with Crippen LogP contribution in [0.4, 0.5) is 5.00 Å². The van der Waals surface area contributed by atoms with Gasteiger partial charge in [0.2, 0.25) is 0 Å². The third-order valence-electron chi connectivity index (χ3n) is 11.6. The maximum Gasteiger partial charge on any atom is 0.164 e. The Morgan fingerprint density at radius 2 is 1.51 bits per heavy atom. The number of carbonyl (C=O) groups excluding carboxylic acids is 1. The van der Waals surface area contributed by atoms with Gasteiger partial charge < -0.3 is 15.4 Å². The van der Waals surface area contributed by atoms with Crippen LogP contribution in [0.5, 0.6) is 0 Å². The number of allylic oxidation sites excluding steroid dienone is 2. The molecule has 0 saturated carbocycles. The molecule has 0 spiro atoms. The van der Waals surface area contributed by atoms with Gasteiger partial charge in [0.25, 0.3) is 0 Å². The first-order chi connectivity index (χ1) is 24.5. The zero-order valence-electron chi connectivity index (χ0n) is 33.9. The van der Waals surface area contributed by atoms with E-state index in [1.165, 1.54) is 58.2 Å². The topological polar surface area (TPSA) is 61.7 Å². The Hall–Kier alpha value is -2.83.